The Balaban J connectivity index is 2.71. The number of benzene rings is 1. The number of nitrogens with two attached hydrogens (primary N) is 1. The maximum absolute atomic E-state index is 11.6. The molecule has 0 aliphatic heterocycles. The smallest absolute Gasteiger partial charge is 0.243 e. The topological polar surface area (TPSA) is 93.5 Å². The molecule has 0 atom stereocenters. The maximum Gasteiger partial charge on any atom is 0.243 e. The minimum Gasteiger partial charge on any atom is -0.495 e. The molecule has 8 heteroatoms. The minimum atomic E-state index is -0.386. The van der Waals surface area contributed by atoms with Crippen LogP contribution in [0, 0.1) is 0 Å². The first-order chi connectivity index (χ1) is 8.97. The molecule has 104 valence electrons. The van der Waals surface area contributed by atoms with Gasteiger partial charge in [0.2, 0.25) is 11.8 Å². The van der Waals surface area contributed by atoms with Gasteiger partial charge in [-0.25, -0.2) is 0 Å². The second-order valence-corrected chi connectivity index (χ2v) is 5.20. The predicted molar refractivity (Wildman–Crippen MR) is 79.1 cm³/mol. The number of hydrogen-bond acceptors (Lipinski definition) is 4. The van der Waals surface area contributed by atoms with Crippen LogP contribution in [0.15, 0.2) is 21.1 Å². The number of amides is 2. The fourth-order valence-electron chi connectivity index (χ4n) is 1.23. The van der Waals surface area contributed by atoms with E-state index in [0.717, 1.165) is 4.47 Å². The van der Waals surface area contributed by atoms with Crippen LogP contribution in [0.1, 0.15) is 0 Å². The first kappa shape index (κ1) is 15.9. The lowest BCUT2D eigenvalue weighted by Crippen LogP contribution is -2.36. The number of nitrogens with one attached hydrogen (secondary N) is 2. The Labute approximate surface area is 127 Å². The molecular formula is C11H13Br2N3O3. The molecule has 0 aliphatic carbocycles. The standard InChI is InChI=1S/C11H13Br2N3O3/c1-19-9-3-8(6(12)2-7(9)13)16-11(18)5-15-10(17)4-14/h2-3H,4-5,14H2,1H3,(H,15,17)(H,16,18). The zero-order valence-electron chi connectivity index (χ0n) is 10.1. The van der Waals surface area contributed by atoms with E-state index in [1.54, 1.807) is 12.1 Å². The summed E-state index contributed by atoms with van der Waals surface area (Å²) in [5, 5.41) is 5.03. The van der Waals surface area contributed by atoms with E-state index in [0.29, 0.717) is 15.9 Å². The first-order valence-electron chi connectivity index (χ1n) is 5.27. The van der Waals surface area contributed by atoms with Gasteiger partial charge in [-0.05, 0) is 37.9 Å². The SMILES string of the molecule is COc1cc(NC(=O)CNC(=O)CN)c(Br)cc1Br. The Bertz CT molecular complexity index is 494. The summed E-state index contributed by atoms with van der Waals surface area (Å²) < 4.78 is 6.59. The van der Waals surface area contributed by atoms with E-state index < -0.39 is 0 Å². The lowest BCUT2D eigenvalue weighted by Gasteiger charge is -2.11. The molecule has 1 aromatic carbocycles. The average molecular weight is 395 g/mol. The molecule has 0 saturated carbocycles. The van der Waals surface area contributed by atoms with Gasteiger partial charge in [-0.1, -0.05) is 0 Å². The molecule has 1 rings (SSSR count). The summed E-state index contributed by atoms with van der Waals surface area (Å²) in [5.41, 5.74) is 5.66. The highest BCUT2D eigenvalue weighted by Gasteiger charge is 2.10. The number of ether oxygens (including phenoxy) is 1. The Morgan fingerprint density at radius 3 is 2.53 bits per heavy atom. The van der Waals surface area contributed by atoms with Crippen LogP contribution < -0.4 is 21.1 Å². The van der Waals surface area contributed by atoms with Crippen molar-refractivity contribution in [2.24, 2.45) is 5.73 Å². The quantitative estimate of drug-likeness (QED) is 0.700. The molecule has 0 bridgehead atoms. The van der Waals surface area contributed by atoms with Crippen molar-refractivity contribution < 1.29 is 14.3 Å². The van der Waals surface area contributed by atoms with Crippen molar-refractivity contribution in [3.8, 4) is 5.75 Å². The molecule has 0 heterocycles. The van der Waals surface area contributed by atoms with E-state index in [9.17, 15) is 9.59 Å². The van der Waals surface area contributed by atoms with Crippen LogP contribution in [0.2, 0.25) is 0 Å². The summed E-state index contributed by atoms with van der Waals surface area (Å²) in [6, 6.07) is 3.42. The molecule has 0 spiro atoms. The third kappa shape index (κ3) is 4.81. The fourth-order valence-corrected chi connectivity index (χ4v) is 2.48. The van der Waals surface area contributed by atoms with Crippen LogP contribution >= 0.6 is 31.9 Å². The second kappa shape index (κ2) is 7.46. The van der Waals surface area contributed by atoms with E-state index in [4.69, 9.17) is 10.5 Å². The second-order valence-electron chi connectivity index (χ2n) is 3.50. The van der Waals surface area contributed by atoms with Gasteiger partial charge in [0.15, 0.2) is 0 Å². The van der Waals surface area contributed by atoms with Crippen LogP contribution in [0.25, 0.3) is 0 Å². The summed E-state index contributed by atoms with van der Waals surface area (Å²) in [5.74, 6) is -0.154. The number of rotatable bonds is 5. The van der Waals surface area contributed by atoms with Gasteiger partial charge >= 0.3 is 0 Å². The van der Waals surface area contributed by atoms with E-state index in [1.165, 1.54) is 7.11 Å². The highest BCUT2D eigenvalue weighted by molar-refractivity contribution is 9.11. The van der Waals surface area contributed by atoms with Crippen molar-refractivity contribution in [2.45, 2.75) is 0 Å². The Morgan fingerprint density at radius 1 is 1.26 bits per heavy atom. The molecular weight excluding hydrogens is 382 g/mol. The third-order valence-corrected chi connectivity index (χ3v) is 3.42. The number of carbonyl (C=O) groups is 2. The molecule has 19 heavy (non-hydrogen) atoms. The Kier molecular flexibility index (Phi) is 6.26. The van der Waals surface area contributed by atoms with Crippen LogP contribution in [-0.2, 0) is 9.59 Å². The highest BCUT2D eigenvalue weighted by atomic mass is 79.9. The van der Waals surface area contributed by atoms with Gasteiger partial charge < -0.3 is 21.1 Å². The third-order valence-electron chi connectivity index (χ3n) is 2.15. The van der Waals surface area contributed by atoms with Crippen LogP contribution in [0.4, 0.5) is 5.69 Å². The Hall–Kier alpha value is -1.12. The minimum absolute atomic E-state index is 0.138. The highest BCUT2D eigenvalue weighted by Crippen LogP contribution is 2.34. The maximum atomic E-state index is 11.6. The summed E-state index contributed by atoms with van der Waals surface area (Å²) in [6.07, 6.45) is 0. The van der Waals surface area contributed by atoms with Crippen molar-refractivity contribution in [3.05, 3.63) is 21.1 Å². The number of halogens is 2. The molecule has 0 aliphatic rings. The van der Waals surface area contributed by atoms with Crippen molar-refractivity contribution in [3.63, 3.8) is 0 Å². The van der Waals surface area contributed by atoms with Crippen molar-refractivity contribution in [1.82, 2.24) is 5.32 Å². The summed E-state index contributed by atoms with van der Waals surface area (Å²) in [4.78, 5) is 22.6. The van der Waals surface area contributed by atoms with Crippen molar-refractivity contribution in [2.75, 3.05) is 25.5 Å². The molecule has 0 saturated heterocycles. The van der Waals surface area contributed by atoms with E-state index in [-0.39, 0.29) is 24.9 Å². The summed E-state index contributed by atoms with van der Waals surface area (Å²) >= 11 is 6.65. The fraction of sp³-hybridized carbons (Fsp3) is 0.273. The van der Waals surface area contributed by atoms with Crippen LogP contribution in [-0.4, -0.2) is 32.0 Å². The van der Waals surface area contributed by atoms with Gasteiger partial charge in [-0.3, -0.25) is 9.59 Å². The molecule has 0 aromatic heterocycles. The molecule has 0 fully saturated rings. The molecule has 2 amide bonds. The summed E-state index contributed by atoms with van der Waals surface area (Å²) in [7, 11) is 1.53. The van der Waals surface area contributed by atoms with Gasteiger partial charge in [0.1, 0.15) is 5.75 Å². The monoisotopic (exact) mass is 393 g/mol. The van der Waals surface area contributed by atoms with Crippen LogP contribution in [0.3, 0.4) is 0 Å². The van der Waals surface area contributed by atoms with Gasteiger partial charge in [0.05, 0.1) is 30.4 Å². The number of hydrogen-bond donors (Lipinski definition) is 3. The number of methoxy groups -OCH3 is 1. The number of carbonyl (C=O) groups excluding carboxylic acids is 2. The zero-order valence-corrected chi connectivity index (χ0v) is 13.3. The summed E-state index contributed by atoms with van der Waals surface area (Å²) in [6.45, 7) is -0.288. The molecule has 4 N–H and O–H groups in total. The van der Waals surface area contributed by atoms with Crippen molar-refractivity contribution >= 4 is 49.4 Å². The normalized spacial score (nSPS) is 9.89. The lowest BCUT2D eigenvalue weighted by molar-refractivity contribution is -0.123. The largest absolute Gasteiger partial charge is 0.495 e. The van der Waals surface area contributed by atoms with Crippen molar-refractivity contribution in [1.29, 1.82) is 0 Å². The van der Waals surface area contributed by atoms with E-state index in [2.05, 4.69) is 42.5 Å². The van der Waals surface area contributed by atoms with E-state index >= 15 is 0 Å². The van der Waals surface area contributed by atoms with E-state index in [1.807, 2.05) is 0 Å². The molecule has 6 nitrogen and oxygen atoms in total. The van der Waals surface area contributed by atoms with Gasteiger partial charge in [-0.2, -0.15) is 0 Å². The van der Waals surface area contributed by atoms with Gasteiger partial charge in [0, 0.05) is 10.5 Å². The molecule has 0 unspecified atom stereocenters. The molecule has 1 aromatic rings. The molecule has 0 radical (unpaired) electrons. The first-order valence-corrected chi connectivity index (χ1v) is 6.86. The van der Waals surface area contributed by atoms with Gasteiger partial charge in [0.25, 0.3) is 0 Å². The number of anilines is 1. The lowest BCUT2D eigenvalue weighted by atomic mass is 10.3. The van der Waals surface area contributed by atoms with Crippen LogP contribution in [0.5, 0.6) is 5.75 Å². The predicted octanol–water partition coefficient (Wildman–Crippen LogP) is 1.23. The van der Waals surface area contributed by atoms with Gasteiger partial charge in [-0.15, -0.1) is 0 Å². The Morgan fingerprint density at radius 2 is 1.95 bits per heavy atom. The zero-order chi connectivity index (χ0) is 14.4. The average Bonchev–Trinajstić information content (AvgIpc) is 2.39.